The maximum absolute atomic E-state index is 14.9. The minimum absolute atomic E-state index is 0.110. The summed E-state index contributed by atoms with van der Waals surface area (Å²) in [5.41, 5.74) is 3.29. The molecule has 2 atom stereocenters. The number of imidazole rings is 1. The second-order valence-electron chi connectivity index (χ2n) is 6.46. The number of fused-ring (bicyclic) bond motifs is 6. The highest BCUT2D eigenvalue weighted by atomic mass is 35.5. The van der Waals surface area contributed by atoms with Gasteiger partial charge in [0.2, 0.25) is 5.28 Å². The van der Waals surface area contributed by atoms with E-state index in [1.165, 1.54) is 6.07 Å². The molecule has 122 valence electrons. The van der Waals surface area contributed by atoms with Crippen LogP contribution in [0.2, 0.25) is 5.28 Å². The third kappa shape index (κ3) is 1.55. The normalized spacial score (nSPS) is 20.2. The highest BCUT2D eigenvalue weighted by Crippen LogP contribution is 2.50. The van der Waals surface area contributed by atoms with Crippen LogP contribution in [0.15, 0.2) is 42.5 Å². The number of hydrogen-bond acceptors (Lipinski definition) is 3. The lowest BCUT2D eigenvalue weighted by Crippen LogP contribution is -2.12. The van der Waals surface area contributed by atoms with Crippen LogP contribution in [0.4, 0.5) is 4.39 Å². The van der Waals surface area contributed by atoms with E-state index in [0.29, 0.717) is 23.1 Å². The van der Waals surface area contributed by atoms with E-state index in [1.54, 1.807) is 6.07 Å². The molecule has 0 saturated heterocycles. The van der Waals surface area contributed by atoms with Crippen molar-refractivity contribution in [3.05, 3.63) is 65.0 Å². The molecule has 0 fully saturated rings. The van der Waals surface area contributed by atoms with Gasteiger partial charge in [-0.3, -0.25) is 4.57 Å². The maximum Gasteiger partial charge on any atom is 0.226 e. The second-order valence-corrected chi connectivity index (χ2v) is 6.80. The summed E-state index contributed by atoms with van der Waals surface area (Å²) >= 11 is 6.35. The van der Waals surface area contributed by atoms with Crippen LogP contribution in [0.3, 0.4) is 0 Å². The van der Waals surface area contributed by atoms with Crippen molar-refractivity contribution >= 4 is 22.6 Å². The maximum atomic E-state index is 14.9. The molecule has 0 amide bonds. The van der Waals surface area contributed by atoms with Crippen molar-refractivity contribution in [1.82, 2.24) is 24.3 Å². The minimum atomic E-state index is -0.237. The lowest BCUT2D eigenvalue weighted by molar-refractivity contribution is 0.525. The standard InChI is InChI=1S/C18H11ClFN5/c19-18-23-22-16-9-4-3-5-10(20)15(9)13-8-14(25(16)18)17-21-11-6-1-2-7-12(11)24(13)17/h1-7,13-14H,8H2/t13-,14-/m1/s1. The number of halogens is 2. The minimum Gasteiger partial charge on any atom is -0.318 e. The quantitative estimate of drug-likeness (QED) is 0.481. The largest absolute Gasteiger partial charge is 0.318 e. The first kappa shape index (κ1) is 13.5. The van der Waals surface area contributed by atoms with Gasteiger partial charge in [-0.2, -0.15) is 0 Å². The van der Waals surface area contributed by atoms with Gasteiger partial charge in [0.1, 0.15) is 11.6 Å². The van der Waals surface area contributed by atoms with Crippen molar-refractivity contribution in [2.24, 2.45) is 0 Å². The van der Waals surface area contributed by atoms with E-state index in [0.717, 1.165) is 22.4 Å². The molecule has 0 saturated carbocycles. The lowest BCUT2D eigenvalue weighted by Gasteiger charge is -2.18. The Hall–Kier alpha value is -2.73. The van der Waals surface area contributed by atoms with Gasteiger partial charge in [-0.1, -0.05) is 24.3 Å². The zero-order chi connectivity index (χ0) is 16.7. The molecule has 25 heavy (non-hydrogen) atoms. The van der Waals surface area contributed by atoms with E-state index in [-0.39, 0.29) is 17.9 Å². The van der Waals surface area contributed by atoms with Crippen LogP contribution in [-0.2, 0) is 0 Å². The van der Waals surface area contributed by atoms with Crippen molar-refractivity contribution in [1.29, 1.82) is 0 Å². The van der Waals surface area contributed by atoms with E-state index < -0.39 is 0 Å². The fraction of sp³-hybridized carbons (Fsp3) is 0.167. The van der Waals surface area contributed by atoms with Gasteiger partial charge in [0.05, 0.1) is 23.1 Å². The molecule has 0 unspecified atom stereocenters. The number of benzene rings is 2. The first-order valence-electron chi connectivity index (χ1n) is 8.10. The van der Waals surface area contributed by atoms with Gasteiger partial charge in [-0.25, -0.2) is 9.37 Å². The summed E-state index contributed by atoms with van der Waals surface area (Å²) in [5, 5.41) is 8.55. The summed E-state index contributed by atoms with van der Waals surface area (Å²) in [6.45, 7) is 0. The molecule has 2 aromatic heterocycles. The molecular formula is C18H11ClFN5. The molecule has 2 bridgehead atoms. The molecule has 4 heterocycles. The zero-order valence-electron chi connectivity index (χ0n) is 12.9. The van der Waals surface area contributed by atoms with Crippen LogP contribution < -0.4 is 0 Å². The Morgan fingerprint density at radius 1 is 1.00 bits per heavy atom. The fourth-order valence-corrected chi connectivity index (χ4v) is 4.55. The van der Waals surface area contributed by atoms with Gasteiger partial charge in [-0.15, -0.1) is 10.2 Å². The highest BCUT2D eigenvalue weighted by molar-refractivity contribution is 6.28. The van der Waals surface area contributed by atoms with E-state index in [1.807, 2.05) is 34.9 Å². The first-order chi connectivity index (χ1) is 12.2. The molecule has 4 aromatic rings. The third-order valence-corrected chi connectivity index (χ3v) is 5.53. The molecule has 0 aliphatic carbocycles. The third-order valence-electron chi connectivity index (χ3n) is 5.27. The Morgan fingerprint density at radius 2 is 1.88 bits per heavy atom. The molecule has 7 heteroatoms. The average Bonchev–Trinajstić information content (AvgIpc) is 3.24. The van der Waals surface area contributed by atoms with Gasteiger partial charge in [-0.05, 0) is 29.8 Å². The zero-order valence-corrected chi connectivity index (χ0v) is 13.7. The van der Waals surface area contributed by atoms with Crippen molar-refractivity contribution in [3.8, 4) is 11.4 Å². The molecule has 2 aliphatic rings. The van der Waals surface area contributed by atoms with Crippen LogP contribution in [0.1, 0.15) is 29.9 Å². The van der Waals surface area contributed by atoms with Crippen LogP contribution >= 0.6 is 11.6 Å². The lowest BCUT2D eigenvalue weighted by atomic mass is 9.98. The Kier molecular flexibility index (Phi) is 2.42. The predicted molar refractivity (Wildman–Crippen MR) is 91.1 cm³/mol. The SMILES string of the molecule is Fc1cccc2c1[C@H]1C[C@H](c3nc4ccccc4n31)n1c(Cl)nnc1-2. The number of para-hydroxylation sites is 2. The summed E-state index contributed by atoms with van der Waals surface area (Å²) in [4.78, 5) is 4.81. The van der Waals surface area contributed by atoms with Gasteiger partial charge in [0.15, 0.2) is 5.82 Å². The number of nitrogens with zero attached hydrogens (tertiary/aromatic N) is 5. The Balaban J connectivity index is 1.80. The number of hydrogen-bond donors (Lipinski definition) is 0. The van der Waals surface area contributed by atoms with Gasteiger partial charge in [0, 0.05) is 17.5 Å². The Labute approximate surface area is 146 Å². The molecular weight excluding hydrogens is 341 g/mol. The van der Waals surface area contributed by atoms with E-state index in [2.05, 4.69) is 14.8 Å². The van der Waals surface area contributed by atoms with Gasteiger partial charge < -0.3 is 4.57 Å². The monoisotopic (exact) mass is 351 g/mol. The van der Waals surface area contributed by atoms with Gasteiger partial charge >= 0.3 is 0 Å². The van der Waals surface area contributed by atoms with Crippen LogP contribution in [0.25, 0.3) is 22.4 Å². The summed E-state index contributed by atoms with van der Waals surface area (Å²) in [7, 11) is 0. The summed E-state index contributed by atoms with van der Waals surface area (Å²) < 4.78 is 18.9. The molecule has 2 aromatic carbocycles. The average molecular weight is 352 g/mol. The van der Waals surface area contributed by atoms with Crippen LogP contribution in [0.5, 0.6) is 0 Å². The Morgan fingerprint density at radius 3 is 2.80 bits per heavy atom. The molecule has 0 radical (unpaired) electrons. The topological polar surface area (TPSA) is 48.5 Å². The summed E-state index contributed by atoms with van der Waals surface area (Å²) in [5.74, 6) is 1.24. The van der Waals surface area contributed by atoms with Gasteiger partial charge in [0.25, 0.3) is 0 Å². The van der Waals surface area contributed by atoms with Crippen molar-refractivity contribution in [2.45, 2.75) is 18.5 Å². The Bertz CT molecular complexity index is 1180. The number of rotatable bonds is 0. The van der Waals surface area contributed by atoms with Crippen LogP contribution in [0, 0.1) is 5.82 Å². The first-order valence-corrected chi connectivity index (χ1v) is 8.48. The summed E-state index contributed by atoms with van der Waals surface area (Å²) in [6.07, 6.45) is 0.686. The smallest absolute Gasteiger partial charge is 0.226 e. The van der Waals surface area contributed by atoms with E-state index >= 15 is 0 Å². The van der Waals surface area contributed by atoms with E-state index in [4.69, 9.17) is 16.6 Å². The van der Waals surface area contributed by atoms with Crippen molar-refractivity contribution in [3.63, 3.8) is 0 Å². The predicted octanol–water partition coefficient (Wildman–Crippen LogP) is 3.98. The molecule has 6 rings (SSSR count). The molecule has 0 N–H and O–H groups in total. The van der Waals surface area contributed by atoms with Crippen LogP contribution in [-0.4, -0.2) is 24.3 Å². The van der Waals surface area contributed by atoms with E-state index in [9.17, 15) is 4.39 Å². The second kappa shape index (κ2) is 4.46. The highest BCUT2D eigenvalue weighted by Gasteiger charge is 2.43. The molecule has 0 spiro atoms. The summed E-state index contributed by atoms with van der Waals surface area (Å²) in [6, 6.07) is 12.8. The number of aromatic nitrogens is 5. The molecule has 2 aliphatic heterocycles. The fourth-order valence-electron chi connectivity index (χ4n) is 4.32. The van der Waals surface area contributed by atoms with Crippen molar-refractivity contribution < 1.29 is 4.39 Å². The molecule has 5 nitrogen and oxygen atoms in total. The van der Waals surface area contributed by atoms with Crippen molar-refractivity contribution in [2.75, 3.05) is 0 Å².